The first-order chi connectivity index (χ1) is 11.2. The smallest absolute Gasteiger partial charge is 0.191 e. The Bertz CT molecular complexity index is 370. The van der Waals surface area contributed by atoms with Crippen molar-refractivity contribution in [1.29, 1.82) is 0 Å². The molecule has 23 heavy (non-hydrogen) atoms. The van der Waals surface area contributed by atoms with Gasteiger partial charge in [0.2, 0.25) is 0 Å². The van der Waals surface area contributed by atoms with Gasteiger partial charge in [-0.05, 0) is 44.7 Å². The minimum absolute atomic E-state index is 0.0532. The molecule has 0 spiro atoms. The minimum atomic E-state index is 0.0532. The van der Waals surface area contributed by atoms with Crippen molar-refractivity contribution >= 4 is 5.96 Å². The quantitative estimate of drug-likeness (QED) is 0.452. The number of guanidine groups is 1. The maximum Gasteiger partial charge on any atom is 0.191 e. The third-order valence-corrected chi connectivity index (χ3v) is 5.15. The molecule has 2 rings (SSSR count). The van der Waals surface area contributed by atoms with E-state index in [-0.39, 0.29) is 12.0 Å². The number of nitrogens with zero attached hydrogens (tertiary/aromatic N) is 2. The summed E-state index contributed by atoms with van der Waals surface area (Å²) in [6, 6.07) is 0. The summed E-state index contributed by atoms with van der Waals surface area (Å²) in [5.41, 5.74) is 0.0532. The Labute approximate surface area is 140 Å². The molecule has 2 unspecified atom stereocenters. The minimum Gasteiger partial charge on any atom is -0.396 e. The molecule has 134 valence electrons. The number of aliphatic hydroxyl groups excluding tert-OH is 1. The van der Waals surface area contributed by atoms with Crippen LogP contribution < -0.4 is 10.6 Å². The summed E-state index contributed by atoms with van der Waals surface area (Å²) in [4.78, 5) is 6.88. The highest BCUT2D eigenvalue weighted by Crippen LogP contribution is 2.31. The molecule has 3 N–H and O–H groups in total. The van der Waals surface area contributed by atoms with E-state index < -0.39 is 0 Å². The second-order valence-electron chi connectivity index (χ2n) is 7.04. The number of ether oxygens (including phenoxy) is 1. The molecule has 0 aromatic carbocycles. The predicted molar refractivity (Wildman–Crippen MR) is 93.8 cm³/mol. The summed E-state index contributed by atoms with van der Waals surface area (Å²) >= 11 is 0. The van der Waals surface area contributed by atoms with E-state index in [4.69, 9.17) is 4.74 Å². The maximum atomic E-state index is 9.30. The molecule has 0 amide bonds. The molecule has 2 atom stereocenters. The molecule has 2 aliphatic heterocycles. The molecular weight excluding hydrogens is 292 g/mol. The molecule has 0 aromatic rings. The zero-order chi connectivity index (χ0) is 16.5. The van der Waals surface area contributed by atoms with Crippen LogP contribution in [0, 0.1) is 11.3 Å². The van der Waals surface area contributed by atoms with Crippen LogP contribution in [0.4, 0.5) is 0 Å². The van der Waals surface area contributed by atoms with Crippen LogP contribution in [0.3, 0.4) is 0 Å². The lowest BCUT2D eigenvalue weighted by Crippen LogP contribution is -2.45. The third-order valence-electron chi connectivity index (χ3n) is 5.15. The van der Waals surface area contributed by atoms with Crippen molar-refractivity contribution in [1.82, 2.24) is 15.5 Å². The number of hydrogen-bond donors (Lipinski definition) is 3. The summed E-state index contributed by atoms with van der Waals surface area (Å²) in [6.45, 7) is 9.40. The average molecular weight is 326 g/mol. The lowest BCUT2D eigenvalue weighted by atomic mass is 9.84. The zero-order valence-electron chi connectivity index (χ0n) is 14.8. The Morgan fingerprint density at radius 3 is 2.96 bits per heavy atom. The first kappa shape index (κ1) is 18.5. The van der Waals surface area contributed by atoms with Gasteiger partial charge in [-0.15, -0.1) is 0 Å². The van der Waals surface area contributed by atoms with Gasteiger partial charge in [0, 0.05) is 45.3 Å². The van der Waals surface area contributed by atoms with Crippen molar-refractivity contribution in [3.8, 4) is 0 Å². The van der Waals surface area contributed by atoms with Gasteiger partial charge in [-0.25, -0.2) is 0 Å². The fraction of sp³-hybridized carbons (Fsp3) is 0.941. The normalized spacial score (nSPS) is 29.2. The van der Waals surface area contributed by atoms with Crippen LogP contribution in [0.5, 0.6) is 0 Å². The number of aliphatic imine (C=N–C) groups is 1. The second-order valence-corrected chi connectivity index (χ2v) is 7.04. The molecule has 6 heteroatoms. The predicted octanol–water partition coefficient (Wildman–Crippen LogP) is 0.672. The van der Waals surface area contributed by atoms with Gasteiger partial charge in [0.05, 0.1) is 6.61 Å². The first-order valence-electron chi connectivity index (χ1n) is 9.07. The lowest BCUT2D eigenvalue weighted by Gasteiger charge is -2.28. The molecule has 0 aliphatic carbocycles. The molecule has 2 fully saturated rings. The zero-order valence-corrected chi connectivity index (χ0v) is 14.8. The molecule has 2 heterocycles. The van der Waals surface area contributed by atoms with Crippen molar-refractivity contribution in [3.63, 3.8) is 0 Å². The summed E-state index contributed by atoms with van der Waals surface area (Å²) in [5, 5.41) is 16.2. The molecule has 6 nitrogen and oxygen atoms in total. The monoisotopic (exact) mass is 326 g/mol. The molecule has 2 saturated heterocycles. The van der Waals surface area contributed by atoms with Crippen molar-refractivity contribution in [2.45, 2.75) is 32.6 Å². The number of aliphatic hydroxyl groups is 1. The van der Waals surface area contributed by atoms with Crippen LogP contribution in [0.25, 0.3) is 0 Å². The summed E-state index contributed by atoms with van der Waals surface area (Å²) < 4.78 is 5.54. The van der Waals surface area contributed by atoms with Crippen molar-refractivity contribution in [3.05, 3.63) is 0 Å². The van der Waals surface area contributed by atoms with Gasteiger partial charge >= 0.3 is 0 Å². The van der Waals surface area contributed by atoms with Gasteiger partial charge in [0.25, 0.3) is 0 Å². The summed E-state index contributed by atoms with van der Waals surface area (Å²) in [6.07, 6.45) is 4.29. The van der Waals surface area contributed by atoms with E-state index in [0.29, 0.717) is 5.92 Å². The fourth-order valence-corrected chi connectivity index (χ4v) is 3.64. The van der Waals surface area contributed by atoms with Gasteiger partial charge < -0.3 is 25.4 Å². The van der Waals surface area contributed by atoms with Crippen LogP contribution in [-0.4, -0.2) is 75.6 Å². The van der Waals surface area contributed by atoms with Crippen molar-refractivity contribution in [2.24, 2.45) is 16.3 Å². The second kappa shape index (κ2) is 9.45. The van der Waals surface area contributed by atoms with E-state index in [0.717, 1.165) is 45.1 Å². The molecule has 2 aliphatic rings. The van der Waals surface area contributed by atoms with Crippen LogP contribution >= 0.6 is 0 Å². The van der Waals surface area contributed by atoms with Gasteiger partial charge in [-0.2, -0.15) is 0 Å². The number of rotatable bonds is 8. The fourth-order valence-electron chi connectivity index (χ4n) is 3.64. The molecule has 0 saturated carbocycles. The van der Waals surface area contributed by atoms with Crippen LogP contribution in [0.2, 0.25) is 0 Å². The van der Waals surface area contributed by atoms with Crippen molar-refractivity contribution < 1.29 is 9.84 Å². The van der Waals surface area contributed by atoms with E-state index in [1.807, 2.05) is 7.05 Å². The molecule has 0 bridgehead atoms. The number of hydrogen-bond acceptors (Lipinski definition) is 4. The Morgan fingerprint density at radius 2 is 2.30 bits per heavy atom. The Balaban J connectivity index is 1.71. The van der Waals surface area contributed by atoms with E-state index in [1.54, 1.807) is 0 Å². The SMILES string of the molecule is CCCN1CCC(CNC(=NC)NCC2(CCO)CCOC2)C1. The topological polar surface area (TPSA) is 69.1 Å². The third kappa shape index (κ3) is 5.62. The Morgan fingerprint density at radius 1 is 1.43 bits per heavy atom. The molecular formula is C17H34N4O2. The standard InChI is InChI=1S/C17H34N4O2/c1-3-7-21-8-4-15(12-21)11-19-16(18-2)20-13-17(5-9-22)6-10-23-14-17/h15,22H,3-14H2,1-2H3,(H2,18,19,20). The van der Waals surface area contributed by atoms with E-state index in [9.17, 15) is 5.11 Å². The van der Waals surface area contributed by atoms with E-state index >= 15 is 0 Å². The summed E-state index contributed by atoms with van der Waals surface area (Å²) in [7, 11) is 1.82. The lowest BCUT2D eigenvalue weighted by molar-refractivity contribution is 0.127. The number of likely N-dealkylation sites (tertiary alicyclic amines) is 1. The Hall–Kier alpha value is -0.850. The van der Waals surface area contributed by atoms with Gasteiger partial charge in [0.15, 0.2) is 5.96 Å². The first-order valence-corrected chi connectivity index (χ1v) is 9.07. The molecule has 0 radical (unpaired) electrons. The largest absolute Gasteiger partial charge is 0.396 e. The molecule has 0 aromatic heterocycles. The average Bonchev–Trinajstić information content (AvgIpc) is 3.19. The van der Waals surface area contributed by atoms with Gasteiger partial charge in [-0.1, -0.05) is 6.92 Å². The van der Waals surface area contributed by atoms with Crippen LogP contribution in [0.1, 0.15) is 32.6 Å². The van der Waals surface area contributed by atoms with E-state index in [1.165, 1.54) is 32.5 Å². The Kier molecular flexibility index (Phi) is 7.59. The number of nitrogens with one attached hydrogen (secondary N) is 2. The van der Waals surface area contributed by atoms with Gasteiger partial charge in [-0.3, -0.25) is 4.99 Å². The van der Waals surface area contributed by atoms with E-state index in [2.05, 4.69) is 27.4 Å². The highest BCUT2D eigenvalue weighted by atomic mass is 16.5. The highest BCUT2D eigenvalue weighted by molar-refractivity contribution is 5.79. The summed E-state index contributed by atoms with van der Waals surface area (Å²) in [5.74, 6) is 1.57. The van der Waals surface area contributed by atoms with Crippen LogP contribution in [-0.2, 0) is 4.74 Å². The van der Waals surface area contributed by atoms with Crippen molar-refractivity contribution in [2.75, 3.05) is 59.6 Å². The van der Waals surface area contributed by atoms with Crippen LogP contribution in [0.15, 0.2) is 4.99 Å². The maximum absolute atomic E-state index is 9.30. The highest BCUT2D eigenvalue weighted by Gasteiger charge is 2.34. The van der Waals surface area contributed by atoms with Gasteiger partial charge in [0.1, 0.15) is 0 Å².